The molecule has 0 saturated heterocycles. The average molecular weight is 192 g/mol. The molecule has 0 spiro atoms. The Kier molecular flexibility index (Phi) is 3.45. The van der Waals surface area contributed by atoms with Crippen molar-refractivity contribution in [3.63, 3.8) is 0 Å². The molecule has 0 amide bonds. The summed E-state index contributed by atoms with van der Waals surface area (Å²) >= 11 is 0. The molecule has 0 aliphatic rings. The molecule has 1 atom stereocenters. The summed E-state index contributed by atoms with van der Waals surface area (Å²) in [4.78, 5) is 0. The van der Waals surface area contributed by atoms with Crippen molar-refractivity contribution in [3.8, 4) is 0 Å². The molecule has 0 fully saturated rings. The largest absolute Gasteiger partial charge is 0.207 e. The van der Waals surface area contributed by atoms with Crippen LogP contribution in [0.3, 0.4) is 0 Å². The number of allylic oxidation sites excluding steroid dienone is 1. The van der Waals surface area contributed by atoms with Crippen molar-refractivity contribution in [1.82, 2.24) is 0 Å². The van der Waals surface area contributed by atoms with Crippen LogP contribution in [0.15, 0.2) is 24.8 Å². The van der Waals surface area contributed by atoms with Gasteiger partial charge < -0.3 is 0 Å². The minimum absolute atomic E-state index is 0.107. The molecular formula is C13H17F. The van der Waals surface area contributed by atoms with Gasteiger partial charge in [0.1, 0.15) is 5.82 Å². The van der Waals surface area contributed by atoms with Crippen molar-refractivity contribution < 1.29 is 4.39 Å². The van der Waals surface area contributed by atoms with E-state index < -0.39 is 0 Å². The Labute approximate surface area is 85.5 Å². The van der Waals surface area contributed by atoms with Crippen LogP contribution < -0.4 is 0 Å². The van der Waals surface area contributed by atoms with E-state index in [2.05, 4.69) is 13.5 Å². The number of rotatable bonds is 3. The van der Waals surface area contributed by atoms with Gasteiger partial charge >= 0.3 is 0 Å². The Morgan fingerprint density at radius 1 is 1.50 bits per heavy atom. The van der Waals surface area contributed by atoms with E-state index in [-0.39, 0.29) is 11.7 Å². The first-order valence-electron chi connectivity index (χ1n) is 5.01. The molecule has 1 aromatic rings. The maximum Gasteiger partial charge on any atom is 0.126 e. The molecule has 0 aliphatic heterocycles. The first kappa shape index (κ1) is 11.0. The van der Waals surface area contributed by atoms with E-state index >= 15 is 0 Å². The lowest BCUT2D eigenvalue weighted by Gasteiger charge is -2.12. The van der Waals surface area contributed by atoms with Gasteiger partial charge in [-0.25, -0.2) is 4.39 Å². The van der Waals surface area contributed by atoms with Gasteiger partial charge in [0.05, 0.1) is 0 Å². The number of benzene rings is 1. The van der Waals surface area contributed by atoms with E-state index in [1.807, 2.05) is 19.9 Å². The Morgan fingerprint density at radius 3 is 2.64 bits per heavy atom. The summed E-state index contributed by atoms with van der Waals surface area (Å²) in [6.45, 7) is 9.91. The van der Waals surface area contributed by atoms with Crippen LogP contribution in [-0.4, -0.2) is 0 Å². The summed E-state index contributed by atoms with van der Waals surface area (Å²) in [5.41, 5.74) is 2.81. The van der Waals surface area contributed by atoms with Gasteiger partial charge in [-0.2, -0.15) is 0 Å². The first-order chi connectivity index (χ1) is 6.56. The third kappa shape index (κ3) is 2.22. The highest BCUT2D eigenvalue weighted by Crippen LogP contribution is 2.25. The van der Waals surface area contributed by atoms with E-state index in [0.717, 1.165) is 23.1 Å². The summed E-state index contributed by atoms with van der Waals surface area (Å²) in [5.74, 6) is 0.165. The van der Waals surface area contributed by atoms with Crippen LogP contribution >= 0.6 is 0 Å². The second kappa shape index (κ2) is 4.41. The van der Waals surface area contributed by atoms with Gasteiger partial charge in [-0.1, -0.05) is 32.1 Å². The number of hydrogen-bond acceptors (Lipinski definition) is 0. The molecule has 14 heavy (non-hydrogen) atoms. The lowest BCUT2D eigenvalue weighted by molar-refractivity contribution is 0.583. The second-order valence-electron chi connectivity index (χ2n) is 3.83. The minimum atomic E-state index is -0.107. The van der Waals surface area contributed by atoms with Crippen molar-refractivity contribution in [3.05, 3.63) is 41.7 Å². The molecular weight excluding hydrogens is 175 g/mol. The van der Waals surface area contributed by atoms with Crippen molar-refractivity contribution in [2.75, 3.05) is 0 Å². The van der Waals surface area contributed by atoms with Gasteiger partial charge in [-0.3, -0.25) is 0 Å². The second-order valence-corrected chi connectivity index (χ2v) is 3.83. The molecule has 1 unspecified atom stereocenters. The lowest BCUT2D eigenvalue weighted by atomic mass is 9.95. The molecule has 1 aromatic carbocycles. The Morgan fingerprint density at radius 2 is 2.14 bits per heavy atom. The van der Waals surface area contributed by atoms with Crippen LogP contribution in [0, 0.1) is 5.82 Å². The summed E-state index contributed by atoms with van der Waals surface area (Å²) in [6.07, 6.45) is 0.955. The molecule has 0 N–H and O–H groups in total. The molecule has 0 aliphatic carbocycles. The summed E-state index contributed by atoms with van der Waals surface area (Å²) < 4.78 is 13.4. The highest BCUT2D eigenvalue weighted by molar-refractivity contribution is 5.62. The maximum absolute atomic E-state index is 13.4. The van der Waals surface area contributed by atoms with E-state index in [9.17, 15) is 4.39 Å². The molecule has 76 valence electrons. The van der Waals surface area contributed by atoms with Gasteiger partial charge in [0, 0.05) is 0 Å². The SMILES string of the molecule is C=C(C)c1ccc(F)c(C(C)CC)c1. The fourth-order valence-electron chi connectivity index (χ4n) is 1.41. The van der Waals surface area contributed by atoms with Crippen LogP contribution in [0.4, 0.5) is 4.39 Å². The molecule has 0 aromatic heterocycles. The van der Waals surface area contributed by atoms with Crippen molar-refractivity contribution in [2.24, 2.45) is 0 Å². The highest BCUT2D eigenvalue weighted by Gasteiger charge is 2.09. The first-order valence-corrected chi connectivity index (χ1v) is 5.01. The van der Waals surface area contributed by atoms with Crippen molar-refractivity contribution in [1.29, 1.82) is 0 Å². The monoisotopic (exact) mass is 192 g/mol. The Hall–Kier alpha value is -1.11. The Balaban J connectivity index is 3.14. The zero-order valence-corrected chi connectivity index (χ0v) is 9.10. The number of hydrogen-bond donors (Lipinski definition) is 0. The predicted molar refractivity (Wildman–Crippen MR) is 59.8 cm³/mol. The lowest BCUT2D eigenvalue weighted by Crippen LogP contribution is -1.97. The maximum atomic E-state index is 13.4. The van der Waals surface area contributed by atoms with Crippen LogP contribution in [0.2, 0.25) is 0 Å². The third-order valence-corrected chi connectivity index (χ3v) is 2.63. The van der Waals surface area contributed by atoms with Crippen LogP contribution in [0.5, 0.6) is 0 Å². The molecule has 1 heteroatoms. The average Bonchev–Trinajstić information content (AvgIpc) is 2.17. The van der Waals surface area contributed by atoms with E-state index in [4.69, 9.17) is 0 Å². The van der Waals surface area contributed by atoms with Crippen molar-refractivity contribution >= 4 is 5.57 Å². The van der Waals surface area contributed by atoms with E-state index in [1.165, 1.54) is 6.07 Å². The summed E-state index contributed by atoms with van der Waals surface area (Å²) in [7, 11) is 0. The van der Waals surface area contributed by atoms with Gasteiger partial charge in [0.2, 0.25) is 0 Å². The zero-order chi connectivity index (χ0) is 10.7. The molecule has 1 rings (SSSR count). The quantitative estimate of drug-likeness (QED) is 0.667. The topological polar surface area (TPSA) is 0 Å². The highest BCUT2D eigenvalue weighted by atomic mass is 19.1. The molecule has 0 saturated carbocycles. The molecule has 0 heterocycles. The Bertz CT molecular complexity index is 339. The minimum Gasteiger partial charge on any atom is -0.207 e. The fourth-order valence-corrected chi connectivity index (χ4v) is 1.41. The summed E-state index contributed by atoms with van der Waals surface area (Å²) in [6, 6.07) is 5.22. The van der Waals surface area contributed by atoms with Gasteiger partial charge in [0.15, 0.2) is 0 Å². The normalized spacial score (nSPS) is 12.6. The smallest absolute Gasteiger partial charge is 0.126 e. The van der Waals surface area contributed by atoms with Crippen molar-refractivity contribution in [2.45, 2.75) is 33.1 Å². The van der Waals surface area contributed by atoms with Gasteiger partial charge in [-0.15, -0.1) is 0 Å². The van der Waals surface area contributed by atoms with Crippen LogP contribution in [0.25, 0.3) is 5.57 Å². The predicted octanol–water partition coefficient (Wildman–Crippen LogP) is 4.37. The zero-order valence-electron chi connectivity index (χ0n) is 9.10. The summed E-state index contributed by atoms with van der Waals surface area (Å²) in [5, 5.41) is 0. The molecule has 0 nitrogen and oxygen atoms in total. The number of halogens is 1. The standard InChI is InChI=1S/C13H17F/c1-5-10(4)12-8-11(9(2)3)6-7-13(12)14/h6-8,10H,2,5H2,1,3-4H3. The fraction of sp³-hybridized carbons (Fsp3) is 0.385. The van der Waals surface area contributed by atoms with Crippen LogP contribution in [-0.2, 0) is 0 Å². The van der Waals surface area contributed by atoms with Gasteiger partial charge in [-0.05, 0) is 42.5 Å². The van der Waals surface area contributed by atoms with Crippen LogP contribution in [0.1, 0.15) is 44.2 Å². The van der Waals surface area contributed by atoms with Gasteiger partial charge in [0.25, 0.3) is 0 Å². The van der Waals surface area contributed by atoms with E-state index in [0.29, 0.717) is 0 Å². The molecule has 0 radical (unpaired) electrons. The third-order valence-electron chi connectivity index (χ3n) is 2.63. The molecule has 0 bridgehead atoms. The van der Waals surface area contributed by atoms with E-state index in [1.54, 1.807) is 6.07 Å².